The minimum absolute atomic E-state index is 0.0640. The van der Waals surface area contributed by atoms with E-state index >= 15 is 0 Å². The van der Waals surface area contributed by atoms with Crippen LogP contribution in [-0.2, 0) is 9.53 Å². The molecule has 3 atom stereocenters. The van der Waals surface area contributed by atoms with Gasteiger partial charge in [0.05, 0.1) is 11.7 Å². The van der Waals surface area contributed by atoms with Crippen molar-refractivity contribution in [1.29, 1.82) is 0 Å². The van der Waals surface area contributed by atoms with Crippen LogP contribution in [0.25, 0.3) is 0 Å². The van der Waals surface area contributed by atoms with E-state index in [1.807, 2.05) is 6.92 Å². The Labute approximate surface area is 174 Å². The standard InChI is InChI=1S/C22H35N3O4/c1-7-8-21(26)23-17-9-10-19-18(11-17)22(27)25(5)13-20(28-6)15(2)12-24(4)16(3)14-29-19/h9-11,15-16,20H,7-8,12-14H2,1-6H3,(H,23,26)/t15-,16+,20-/m0/s1. The maximum absolute atomic E-state index is 13.2. The number of benzene rings is 1. The fraction of sp³-hybridized carbons (Fsp3) is 0.636. The van der Waals surface area contributed by atoms with Crippen LogP contribution in [0.15, 0.2) is 18.2 Å². The first kappa shape index (κ1) is 23.2. The first-order valence-corrected chi connectivity index (χ1v) is 10.3. The summed E-state index contributed by atoms with van der Waals surface area (Å²) in [4.78, 5) is 29.1. The maximum atomic E-state index is 13.2. The molecule has 0 saturated carbocycles. The Bertz CT molecular complexity index is 709. The molecule has 0 aromatic heterocycles. The normalized spacial score (nSPS) is 24.1. The van der Waals surface area contributed by atoms with Crippen molar-refractivity contribution < 1.29 is 19.1 Å². The number of fused-ring (bicyclic) bond motifs is 1. The van der Waals surface area contributed by atoms with E-state index in [2.05, 4.69) is 31.1 Å². The largest absolute Gasteiger partial charge is 0.491 e. The van der Waals surface area contributed by atoms with E-state index in [1.54, 1.807) is 37.3 Å². The lowest BCUT2D eigenvalue weighted by atomic mass is 10.0. The number of carbonyl (C=O) groups excluding carboxylic acids is 2. The Morgan fingerprint density at radius 1 is 1.28 bits per heavy atom. The Balaban J connectivity index is 2.37. The summed E-state index contributed by atoms with van der Waals surface area (Å²) < 4.78 is 11.7. The zero-order valence-electron chi connectivity index (χ0n) is 18.5. The van der Waals surface area contributed by atoms with Crippen molar-refractivity contribution in [2.45, 2.75) is 45.8 Å². The fourth-order valence-electron chi connectivity index (χ4n) is 3.49. The van der Waals surface area contributed by atoms with Crippen LogP contribution in [0.1, 0.15) is 44.0 Å². The summed E-state index contributed by atoms with van der Waals surface area (Å²) in [6.07, 6.45) is 1.14. The number of nitrogens with one attached hydrogen (secondary N) is 1. The van der Waals surface area contributed by atoms with E-state index in [0.717, 1.165) is 13.0 Å². The molecule has 0 spiro atoms. The molecule has 162 valence electrons. The van der Waals surface area contributed by atoms with Crippen molar-refractivity contribution >= 4 is 17.5 Å². The molecule has 1 aromatic carbocycles. The molecule has 1 aliphatic rings. The molecule has 7 heteroatoms. The number of ether oxygens (including phenoxy) is 2. The first-order valence-electron chi connectivity index (χ1n) is 10.3. The zero-order valence-corrected chi connectivity index (χ0v) is 18.5. The molecule has 29 heavy (non-hydrogen) atoms. The zero-order chi connectivity index (χ0) is 21.6. The summed E-state index contributed by atoms with van der Waals surface area (Å²) in [5.41, 5.74) is 1.04. The molecule has 0 fully saturated rings. The second kappa shape index (κ2) is 10.6. The van der Waals surface area contributed by atoms with E-state index < -0.39 is 0 Å². The first-order chi connectivity index (χ1) is 13.8. The van der Waals surface area contributed by atoms with Crippen LogP contribution in [0.2, 0.25) is 0 Å². The Hall–Kier alpha value is -2.12. The van der Waals surface area contributed by atoms with Gasteiger partial charge >= 0.3 is 0 Å². The Morgan fingerprint density at radius 3 is 2.66 bits per heavy atom. The molecule has 0 bridgehead atoms. The highest BCUT2D eigenvalue weighted by atomic mass is 16.5. The molecular formula is C22H35N3O4. The highest BCUT2D eigenvalue weighted by Gasteiger charge is 2.27. The number of nitrogens with zero attached hydrogens (tertiary/aromatic N) is 2. The van der Waals surface area contributed by atoms with Gasteiger partial charge in [-0.25, -0.2) is 0 Å². The predicted molar refractivity (Wildman–Crippen MR) is 114 cm³/mol. The molecule has 1 aromatic rings. The van der Waals surface area contributed by atoms with Crippen molar-refractivity contribution in [3.63, 3.8) is 0 Å². The summed E-state index contributed by atoms with van der Waals surface area (Å²) in [6, 6.07) is 5.42. The highest BCUT2D eigenvalue weighted by Crippen LogP contribution is 2.26. The maximum Gasteiger partial charge on any atom is 0.257 e. The molecule has 1 aliphatic heterocycles. The molecule has 0 radical (unpaired) electrons. The number of carbonyl (C=O) groups is 2. The van der Waals surface area contributed by atoms with Crippen LogP contribution in [0.3, 0.4) is 0 Å². The molecular weight excluding hydrogens is 370 g/mol. The molecule has 0 aliphatic carbocycles. The van der Waals surface area contributed by atoms with E-state index in [1.165, 1.54) is 0 Å². The van der Waals surface area contributed by atoms with Gasteiger partial charge in [0.15, 0.2) is 0 Å². The molecule has 1 heterocycles. The average Bonchev–Trinajstić information content (AvgIpc) is 2.69. The lowest BCUT2D eigenvalue weighted by Crippen LogP contribution is -2.45. The lowest BCUT2D eigenvalue weighted by Gasteiger charge is -2.34. The number of hydrogen-bond donors (Lipinski definition) is 1. The van der Waals surface area contributed by atoms with Gasteiger partial charge in [-0.2, -0.15) is 0 Å². The molecule has 2 amide bonds. The third-order valence-electron chi connectivity index (χ3n) is 5.52. The number of anilines is 1. The van der Waals surface area contributed by atoms with Gasteiger partial charge in [-0.1, -0.05) is 13.8 Å². The second-order valence-corrected chi connectivity index (χ2v) is 8.05. The summed E-state index contributed by atoms with van der Waals surface area (Å²) in [5, 5.41) is 2.86. The van der Waals surface area contributed by atoms with Crippen molar-refractivity contribution in [1.82, 2.24) is 9.80 Å². The summed E-state index contributed by atoms with van der Waals surface area (Å²) >= 11 is 0. The van der Waals surface area contributed by atoms with E-state index in [-0.39, 0.29) is 29.9 Å². The van der Waals surface area contributed by atoms with Crippen molar-refractivity contribution in [3.05, 3.63) is 23.8 Å². The number of methoxy groups -OCH3 is 1. The third kappa shape index (κ3) is 6.18. The van der Waals surface area contributed by atoms with Crippen LogP contribution in [0.5, 0.6) is 5.75 Å². The molecule has 1 N–H and O–H groups in total. The van der Waals surface area contributed by atoms with Crippen LogP contribution in [0.4, 0.5) is 5.69 Å². The van der Waals surface area contributed by atoms with Crippen molar-refractivity contribution in [2.75, 3.05) is 46.2 Å². The van der Waals surface area contributed by atoms with Gasteiger partial charge in [-0.3, -0.25) is 14.5 Å². The minimum Gasteiger partial charge on any atom is -0.491 e. The van der Waals surface area contributed by atoms with Gasteiger partial charge in [-0.15, -0.1) is 0 Å². The average molecular weight is 406 g/mol. The van der Waals surface area contributed by atoms with Gasteiger partial charge in [0.2, 0.25) is 5.91 Å². The number of hydrogen-bond acceptors (Lipinski definition) is 5. The van der Waals surface area contributed by atoms with Gasteiger partial charge in [-0.05, 0) is 44.5 Å². The summed E-state index contributed by atoms with van der Waals surface area (Å²) in [6.45, 7) is 7.98. The Kier molecular flexibility index (Phi) is 8.46. The number of likely N-dealkylation sites (N-methyl/N-ethyl adjacent to an activating group) is 2. The Morgan fingerprint density at radius 2 is 2.00 bits per heavy atom. The van der Waals surface area contributed by atoms with Crippen molar-refractivity contribution in [3.8, 4) is 5.75 Å². The monoisotopic (exact) mass is 405 g/mol. The van der Waals surface area contributed by atoms with Crippen molar-refractivity contribution in [2.24, 2.45) is 5.92 Å². The number of rotatable bonds is 4. The fourth-order valence-corrected chi connectivity index (χ4v) is 3.49. The van der Waals surface area contributed by atoms with Crippen LogP contribution < -0.4 is 10.1 Å². The minimum atomic E-state index is -0.151. The lowest BCUT2D eigenvalue weighted by molar-refractivity contribution is -0.116. The smallest absolute Gasteiger partial charge is 0.257 e. The third-order valence-corrected chi connectivity index (χ3v) is 5.52. The summed E-state index contributed by atoms with van der Waals surface area (Å²) in [7, 11) is 5.53. The van der Waals surface area contributed by atoms with Gasteiger partial charge < -0.3 is 19.7 Å². The SMILES string of the molecule is CCCC(=O)Nc1ccc2c(c1)C(=O)N(C)C[C@H](OC)[C@@H](C)CN(C)[C@H](C)CO2. The van der Waals surface area contributed by atoms with Crippen LogP contribution in [0, 0.1) is 5.92 Å². The quantitative estimate of drug-likeness (QED) is 0.834. The molecule has 7 nitrogen and oxygen atoms in total. The van der Waals surface area contributed by atoms with Crippen LogP contribution in [-0.4, -0.2) is 74.7 Å². The molecule has 0 saturated heterocycles. The van der Waals surface area contributed by atoms with Gasteiger partial charge in [0, 0.05) is 45.4 Å². The summed E-state index contributed by atoms with van der Waals surface area (Å²) in [5.74, 6) is 0.563. The van der Waals surface area contributed by atoms with E-state index in [0.29, 0.717) is 36.6 Å². The highest BCUT2D eigenvalue weighted by molar-refractivity contribution is 5.99. The van der Waals surface area contributed by atoms with Gasteiger partial charge in [0.25, 0.3) is 5.91 Å². The predicted octanol–water partition coefficient (Wildman–Crippen LogP) is 2.86. The van der Waals surface area contributed by atoms with E-state index in [9.17, 15) is 9.59 Å². The number of amides is 2. The topological polar surface area (TPSA) is 71.1 Å². The second-order valence-electron chi connectivity index (χ2n) is 8.05. The van der Waals surface area contributed by atoms with Crippen LogP contribution >= 0.6 is 0 Å². The molecule has 0 unspecified atom stereocenters. The van der Waals surface area contributed by atoms with E-state index in [4.69, 9.17) is 9.47 Å². The van der Waals surface area contributed by atoms with Gasteiger partial charge in [0.1, 0.15) is 12.4 Å². The molecule has 2 rings (SSSR count).